The molecule has 0 saturated carbocycles. The fourth-order valence-corrected chi connectivity index (χ4v) is 5.13. The third-order valence-electron chi connectivity index (χ3n) is 6.51. The fourth-order valence-electron chi connectivity index (χ4n) is 5.13. The van der Waals surface area contributed by atoms with E-state index >= 15 is 0 Å². The SMILES string of the molecule is c1ccc(N(c2ccnc3ccccc23)c2ccc3c4c(cccc24)-c2ccccc2-3)nc1. The van der Waals surface area contributed by atoms with Crippen molar-refractivity contribution >= 4 is 38.9 Å². The number of aromatic nitrogens is 2. The molecule has 3 nitrogen and oxygen atoms in total. The monoisotopic (exact) mass is 421 g/mol. The zero-order valence-electron chi connectivity index (χ0n) is 17.8. The third kappa shape index (κ3) is 2.63. The fraction of sp³-hybridized carbons (Fsp3) is 0. The normalized spacial score (nSPS) is 11.6. The number of anilines is 3. The van der Waals surface area contributed by atoms with Gasteiger partial charge in [-0.25, -0.2) is 4.98 Å². The molecule has 0 bridgehead atoms. The predicted octanol–water partition coefficient (Wildman–Crippen LogP) is 7.90. The maximum Gasteiger partial charge on any atom is 0.137 e. The summed E-state index contributed by atoms with van der Waals surface area (Å²) in [6.45, 7) is 0. The van der Waals surface area contributed by atoms with Crippen molar-refractivity contribution in [2.24, 2.45) is 0 Å². The zero-order valence-corrected chi connectivity index (χ0v) is 17.8. The molecule has 6 aromatic rings. The summed E-state index contributed by atoms with van der Waals surface area (Å²) in [7, 11) is 0. The van der Waals surface area contributed by atoms with Crippen molar-refractivity contribution in [1.29, 1.82) is 0 Å². The van der Waals surface area contributed by atoms with Gasteiger partial charge in [-0.15, -0.1) is 0 Å². The number of hydrogen-bond donors (Lipinski definition) is 0. The van der Waals surface area contributed by atoms with Crippen molar-refractivity contribution in [3.63, 3.8) is 0 Å². The molecule has 154 valence electrons. The van der Waals surface area contributed by atoms with Crippen LogP contribution in [-0.2, 0) is 0 Å². The van der Waals surface area contributed by atoms with E-state index in [9.17, 15) is 0 Å². The summed E-state index contributed by atoms with van der Waals surface area (Å²) >= 11 is 0. The van der Waals surface area contributed by atoms with E-state index in [4.69, 9.17) is 4.98 Å². The molecule has 0 radical (unpaired) electrons. The number of benzene rings is 4. The lowest BCUT2D eigenvalue weighted by molar-refractivity contribution is 1.19. The van der Waals surface area contributed by atoms with E-state index < -0.39 is 0 Å². The number of nitrogens with zero attached hydrogens (tertiary/aromatic N) is 3. The molecule has 2 heterocycles. The van der Waals surface area contributed by atoms with Gasteiger partial charge in [-0.05, 0) is 58.0 Å². The van der Waals surface area contributed by atoms with Crippen molar-refractivity contribution in [2.75, 3.05) is 4.90 Å². The van der Waals surface area contributed by atoms with E-state index in [1.54, 1.807) is 0 Å². The highest BCUT2D eigenvalue weighted by molar-refractivity contribution is 6.19. The van der Waals surface area contributed by atoms with Gasteiger partial charge in [0, 0.05) is 23.2 Å². The Bertz CT molecular complexity index is 1640. The maximum absolute atomic E-state index is 4.75. The first-order valence-corrected chi connectivity index (χ1v) is 11.1. The van der Waals surface area contributed by atoms with Gasteiger partial charge in [0.1, 0.15) is 5.82 Å². The van der Waals surface area contributed by atoms with Gasteiger partial charge in [0.15, 0.2) is 0 Å². The molecular formula is C30H19N3. The van der Waals surface area contributed by atoms with Gasteiger partial charge in [-0.3, -0.25) is 9.88 Å². The van der Waals surface area contributed by atoms with Crippen LogP contribution >= 0.6 is 0 Å². The second-order valence-corrected chi connectivity index (χ2v) is 8.28. The number of rotatable bonds is 3. The minimum absolute atomic E-state index is 0.880. The Morgan fingerprint density at radius 1 is 0.455 bits per heavy atom. The smallest absolute Gasteiger partial charge is 0.137 e. The minimum Gasteiger partial charge on any atom is -0.294 e. The van der Waals surface area contributed by atoms with E-state index in [2.05, 4.69) is 94.8 Å². The van der Waals surface area contributed by atoms with Crippen LogP contribution in [0.4, 0.5) is 17.2 Å². The number of fused-ring (bicyclic) bond motifs is 4. The lowest BCUT2D eigenvalue weighted by atomic mass is 10.0. The largest absolute Gasteiger partial charge is 0.294 e. The standard InChI is InChI=1S/C30H19N3/c1-2-9-21-20(8-1)22-11-7-12-25-27(16-15-23(21)30(22)25)33(29-14-5-6-18-32-29)28-17-19-31-26-13-4-3-10-24(26)28/h1-19H. The van der Waals surface area contributed by atoms with Gasteiger partial charge < -0.3 is 0 Å². The zero-order chi connectivity index (χ0) is 21.8. The molecule has 0 saturated heterocycles. The molecular weight excluding hydrogens is 402 g/mol. The molecule has 0 fully saturated rings. The summed E-state index contributed by atoms with van der Waals surface area (Å²) in [5, 5.41) is 3.61. The number of pyridine rings is 2. The molecule has 0 amide bonds. The Hall–Kier alpha value is -4.50. The summed E-state index contributed by atoms with van der Waals surface area (Å²) < 4.78 is 0. The molecule has 1 aliphatic rings. The Balaban J connectivity index is 1.57. The molecule has 1 aliphatic carbocycles. The topological polar surface area (TPSA) is 29.0 Å². The van der Waals surface area contributed by atoms with Crippen LogP contribution < -0.4 is 4.90 Å². The van der Waals surface area contributed by atoms with E-state index in [1.165, 1.54) is 33.0 Å². The van der Waals surface area contributed by atoms with E-state index in [-0.39, 0.29) is 0 Å². The van der Waals surface area contributed by atoms with Crippen molar-refractivity contribution in [1.82, 2.24) is 9.97 Å². The Labute approximate surface area is 191 Å². The highest BCUT2D eigenvalue weighted by Crippen LogP contribution is 2.51. The molecule has 0 unspecified atom stereocenters. The van der Waals surface area contributed by atoms with Crippen LogP contribution in [0.3, 0.4) is 0 Å². The summed E-state index contributed by atoms with van der Waals surface area (Å²) in [5.74, 6) is 0.880. The van der Waals surface area contributed by atoms with Gasteiger partial charge in [0.05, 0.1) is 16.9 Å². The molecule has 0 aliphatic heterocycles. The van der Waals surface area contributed by atoms with Gasteiger partial charge in [-0.2, -0.15) is 0 Å². The van der Waals surface area contributed by atoms with Crippen molar-refractivity contribution in [2.45, 2.75) is 0 Å². The van der Waals surface area contributed by atoms with Crippen LogP contribution in [0, 0.1) is 0 Å². The molecule has 3 heteroatoms. The van der Waals surface area contributed by atoms with Crippen LogP contribution in [0.5, 0.6) is 0 Å². The third-order valence-corrected chi connectivity index (χ3v) is 6.51. The van der Waals surface area contributed by atoms with Gasteiger partial charge >= 0.3 is 0 Å². The van der Waals surface area contributed by atoms with Crippen molar-refractivity contribution in [3.05, 3.63) is 116 Å². The van der Waals surface area contributed by atoms with E-state index in [1.807, 2.05) is 30.6 Å². The number of hydrogen-bond acceptors (Lipinski definition) is 3. The Kier molecular flexibility index (Phi) is 3.84. The number of para-hydroxylation sites is 1. The summed E-state index contributed by atoms with van der Waals surface area (Å²) in [6.07, 6.45) is 3.73. The van der Waals surface area contributed by atoms with Crippen LogP contribution in [0.15, 0.2) is 116 Å². The summed E-state index contributed by atoms with van der Waals surface area (Å²) in [4.78, 5) is 11.6. The lowest BCUT2D eigenvalue weighted by Gasteiger charge is -2.27. The molecule has 0 spiro atoms. The summed E-state index contributed by atoms with van der Waals surface area (Å²) in [6, 6.07) is 36.2. The highest BCUT2D eigenvalue weighted by atomic mass is 15.2. The minimum atomic E-state index is 0.880. The first kappa shape index (κ1) is 18.1. The van der Waals surface area contributed by atoms with Gasteiger partial charge in [0.25, 0.3) is 0 Å². The Morgan fingerprint density at radius 2 is 1.15 bits per heavy atom. The molecule has 0 atom stereocenters. The molecule has 4 aromatic carbocycles. The second kappa shape index (κ2) is 7.01. The van der Waals surface area contributed by atoms with E-state index in [0.717, 1.165) is 28.1 Å². The van der Waals surface area contributed by atoms with Gasteiger partial charge in [0.2, 0.25) is 0 Å². The maximum atomic E-state index is 4.75. The Morgan fingerprint density at radius 3 is 2.00 bits per heavy atom. The molecule has 0 N–H and O–H groups in total. The quantitative estimate of drug-likeness (QED) is 0.290. The van der Waals surface area contributed by atoms with Crippen LogP contribution in [0.1, 0.15) is 0 Å². The van der Waals surface area contributed by atoms with Gasteiger partial charge in [-0.1, -0.05) is 72.8 Å². The van der Waals surface area contributed by atoms with Crippen LogP contribution in [0.2, 0.25) is 0 Å². The first-order chi connectivity index (χ1) is 16.4. The molecule has 2 aromatic heterocycles. The van der Waals surface area contributed by atoms with Crippen molar-refractivity contribution < 1.29 is 0 Å². The molecule has 7 rings (SSSR count). The van der Waals surface area contributed by atoms with E-state index in [0.29, 0.717) is 0 Å². The first-order valence-electron chi connectivity index (χ1n) is 11.1. The molecule has 33 heavy (non-hydrogen) atoms. The average molecular weight is 422 g/mol. The summed E-state index contributed by atoms with van der Waals surface area (Å²) in [5.41, 5.74) is 8.33. The van der Waals surface area contributed by atoms with Crippen LogP contribution in [-0.4, -0.2) is 9.97 Å². The lowest BCUT2D eigenvalue weighted by Crippen LogP contribution is -2.12. The predicted molar refractivity (Wildman–Crippen MR) is 136 cm³/mol. The van der Waals surface area contributed by atoms with Crippen LogP contribution in [0.25, 0.3) is 43.9 Å². The average Bonchev–Trinajstić information content (AvgIpc) is 3.22. The highest BCUT2D eigenvalue weighted by Gasteiger charge is 2.25. The van der Waals surface area contributed by atoms with Crippen molar-refractivity contribution in [3.8, 4) is 22.3 Å². The second-order valence-electron chi connectivity index (χ2n) is 8.28.